The lowest BCUT2D eigenvalue weighted by Crippen LogP contribution is -2.38. The number of piperidine rings is 1. The van der Waals surface area contributed by atoms with Crippen LogP contribution in [0.4, 0.5) is 0 Å². The van der Waals surface area contributed by atoms with Gasteiger partial charge in [-0.1, -0.05) is 17.7 Å². The number of likely N-dealkylation sites (tertiary alicyclic amines) is 1. The third-order valence-electron chi connectivity index (χ3n) is 3.75. The summed E-state index contributed by atoms with van der Waals surface area (Å²) >= 11 is 0. The fourth-order valence-electron chi connectivity index (χ4n) is 2.42. The second-order valence-corrected chi connectivity index (χ2v) is 7.12. The van der Waals surface area contributed by atoms with E-state index in [1.165, 1.54) is 0 Å². The van der Waals surface area contributed by atoms with Gasteiger partial charge in [0.05, 0.1) is 17.4 Å². The number of carbonyl (C=O) groups is 1. The van der Waals surface area contributed by atoms with Crippen LogP contribution in [0, 0.1) is 6.92 Å². The smallest absolute Gasteiger partial charge is 0.304 e. The van der Waals surface area contributed by atoms with Gasteiger partial charge in [0.1, 0.15) is 0 Å². The molecule has 0 unspecified atom stereocenters. The zero-order valence-corrected chi connectivity index (χ0v) is 13.4. The van der Waals surface area contributed by atoms with Crippen LogP contribution in [0.25, 0.3) is 0 Å². The molecule has 1 saturated heterocycles. The number of hydrogen-bond donors (Lipinski definition) is 1. The minimum Gasteiger partial charge on any atom is -0.481 e. The van der Waals surface area contributed by atoms with Crippen molar-refractivity contribution in [3.8, 4) is 0 Å². The highest BCUT2D eigenvalue weighted by molar-refractivity contribution is 7.86. The molecule has 1 fully saturated rings. The number of carboxylic acid groups (broad SMARTS) is 1. The number of nitrogens with zero attached hydrogens (tertiary/aromatic N) is 1. The van der Waals surface area contributed by atoms with Crippen LogP contribution >= 0.6 is 0 Å². The van der Waals surface area contributed by atoms with E-state index in [9.17, 15) is 13.2 Å². The van der Waals surface area contributed by atoms with Crippen molar-refractivity contribution in [3.63, 3.8) is 0 Å². The van der Waals surface area contributed by atoms with Crippen molar-refractivity contribution < 1.29 is 22.5 Å². The van der Waals surface area contributed by atoms with Gasteiger partial charge in [-0.05, 0) is 31.9 Å². The van der Waals surface area contributed by atoms with Crippen molar-refractivity contribution in [2.45, 2.75) is 37.2 Å². The molecule has 6 nitrogen and oxygen atoms in total. The minimum absolute atomic E-state index is 0.104. The maximum atomic E-state index is 12.2. The quantitative estimate of drug-likeness (QED) is 0.800. The van der Waals surface area contributed by atoms with Crippen LogP contribution < -0.4 is 0 Å². The van der Waals surface area contributed by atoms with Crippen molar-refractivity contribution in [2.75, 3.05) is 19.6 Å². The van der Waals surface area contributed by atoms with Crippen LogP contribution in [0.3, 0.4) is 0 Å². The van der Waals surface area contributed by atoms with Gasteiger partial charge in [-0.25, -0.2) is 0 Å². The molecule has 0 bridgehead atoms. The molecule has 7 heteroatoms. The number of aliphatic carboxylic acids is 1. The first-order valence-corrected chi connectivity index (χ1v) is 8.72. The van der Waals surface area contributed by atoms with Crippen molar-refractivity contribution in [3.05, 3.63) is 29.8 Å². The molecule has 1 heterocycles. The maximum Gasteiger partial charge on any atom is 0.304 e. The third kappa shape index (κ3) is 4.79. The van der Waals surface area contributed by atoms with E-state index in [1.807, 2.05) is 11.8 Å². The number of benzene rings is 1. The van der Waals surface area contributed by atoms with Crippen LogP contribution in [-0.4, -0.2) is 50.1 Å². The molecule has 0 aliphatic carbocycles. The van der Waals surface area contributed by atoms with E-state index in [2.05, 4.69) is 0 Å². The number of carboxylic acids is 1. The molecular weight excluding hydrogens is 306 g/mol. The summed E-state index contributed by atoms with van der Waals surface area (Å²) < 4.78 is 29.7. The second kappa shape index (κ2) is 7.21. The standard InChI is InChI=1S/C15H21NO5S/c1-12-2-4-14(5-3-12)22(19,20)21-13-6-9-16(10-7-13)11-8-15(17)18/h2-5,13H,6-11H2,1H3,(H,17,18). The molecule has 2 rings (SSSR count). The predicted octanol–water partition coefficient (Wildman–Crippen LogP) is 1.64. The van der Waals surface area contributed by atoms with E-state index in [0.29, 0.717) is 32.5 Å². The van der Waals surface area contributed by atoms with Gasteiger partial charge in [-0.3, -0.25) is 8.98 Å². The minimum atomic E-state index is -3.73. The Morgan fingerprint density at radius 3 is 2.41 bits per heavy atom. The molecule has 0 radical (unpaired) electrons. The Labute approximate surface area is 130 Å². The highest BCUT2D eigenvalue weighted by Crippen LogP contribution is 2.21. The van der Waals surface area contributed by atoms with Crippen molar-refractivity contribution >= 4 is 16.1 Å². The number of aryl methyl sites for hydroxylation is 1. The predicted molar refractivity (Wildman–Crippen MR) is 81.2 cm³/mol. The van der Waals surface area contributed by atoms with Crippen molar-refractivity contribution in [1.82, 2.24) is 4.90 Å². The fraction of sp³-hybridized carbons (Fsp3) is 0.533. The van der Waals surface area contributed by atoms with Crippen LogP contribution in [-0.2, 0) is 19.1 Å². The lowest BCUT2D eigenvalue weighted by Gasteiger charge is -2.30. The summed E-state index contributed by atoms with van der Waals surface area (Å²) in [6, 6.07) is 6.58. The summed E-state index contributed by atoms with van der Waals surface area (Å²) in [6.45, 7) is 3.69. The van der Waals surface area contributed by atoms with Gasteiger partial charge in [0, 0.05) is 19.6 Å². The Morgan fingerprint density at radius 2 is 1.86 bits per heavy atom. The number of rotatable bonds is 6. The monoisotopic (exact) mass is 327 g/mol. The molecule has 0 saturated carbocycles. The lowest BCUT2D eigenvalue weighted by molar-refractivity contribution is -0.137. The molecule has 1 N–H and O–H groups in total. The first kappa shape index (κ1) is 16.9. The summed E-state index contributed by atoms with van der Waals surface area (Å²) in [7, 11) is -3.73. The molecule has 1 aliphatic heterocycles. The Hall–Kier alpha value is -1.44. The normalized spacial score (nSPS) is 17.5. The highest BCUT2D eigenvalue weighted by atomic mass is 32.2. The van der Waals surface area contributed by atoms with Gasteiger partial charge in [-0.15, -0.1) is 0 Å². The average Bonchev–Trinajstić information content (AvgIpc) is 2.46. The molecule has 0 atom stereocenters. The van der Waals surface area contributed by atoms with E-state index in [0.717, 1.165) is 5.56 Å². The van der Waals surface area contributed by atoms with E-state index in [-0.39, 0.29) is 17.4 Å². The van der Waals surface area contributed by atoms with Crippen LogP contribution in [0.5, 0.6) is 0 Å². The molecule has 1 aliphatic rings. The van der Waals surface area contributed by atoms with Crippen LogP contribution in [0.2, 0.25) is 0 Å². The summed E-state index contributed by atoms with van der Waals surface area (Å²) in [4.78, 5) is 12.7. The summed E-state index contributed by atoms with van der Waals surface area (Å²) in [5.41, 5.74) is 0.991. The third-order valence-corrected chi connectivity index (χ3v) is 5.12. The Morgan fingerprint density at radius 1 is 1.27 bits per heavy atom. The van der Waals surface area contributed by atoms with Gasteiger partial charge < -0.3 is 10.0 Å². The van der Waals surface area contributed by atoms with Crippen LogP contribution in [0.1, 0.15) is 24.8 Å². The zero-order valence-electron chi connectivity index (χ0n) is 12.6. The van der Waals surface area contributed by atoms with Gasteiger partial charge in [-0.2, -0.15) is 8.42 Å². The summed E-state index contributed by atoms with van der Waals surface area (Å²) in [5, 5.41) is 8.66. The summed E-state index contributed by atoms with van der Waals surface area (Å²) in [6.07, 6.45) is 0.940. The fourth-order valence-corrected chi connectivity index (χ4v) is 3.55. The number of hydrogen-bond acceptors (Lipinski definition) is 5. The molecule has 0 aromatic heterocycles. The van der Waals surface area contributed by atoms with Gasteiger partial charge >= 0.3 is 5.97 Å². The zero-order chi connectivity index (χ0) is 16.2. The molecular formula is C15H21NO5S. The van der Waals surface area contributed by atoms with E-state index in [4.69, 9.17) is 9.29 Å². The topological polar surface area (TPSA) is 83.9 Å². The molecule has 0 spiro atoms. The van der Waals surface area contributed by atoms with E-state index >= 15 is 0 Å². The molecule has 122 valence electrons. The second-order valence-electron chi connectivity index (χ2n) is 5.55. The maximum absolute atomic E-state index is 12.2. The highest BCUT2D eigenvalue weighted by Gasteiger charge is 2.26. The Bertz CT molecular complexity index is 603. The van der Waals surface area contributed by atoms with Gasteiger partial charge in [0.15, 0.2) is 0 Å². The van der Waals surface area contributed by atoms with Gasteiger partial charge in [0.25, 0.3) is 10.1 Å². The largest absolute Gasteiger partial charge is 0.481 e. The lowest BCUT2D eigenvalue weighted by atomic mass is 10.1. The van der Waals surface area contributed by atoms with Crippen molar-refractivity contribution in [2.24, 2.45) is 0 Å². The Balaban J connectivity index is 1.87. The summed E-state index contributed by atoms with van der Waals surface area (Å²) in [5.74, 6) is -0.819. The average molecular weight is 327 g/mol. The molecule has 22 heavy (non-hydrogen) atoms. The van der Waals surface area contributed by atoms with Gasteiger partial charge in [0.2, 0.25) is 0 Å². The first-order chi connectivity index (χ1) is 10.4. The Kier molecular flexibility index (Phi) is 5.55. The van der Waals surface area contributed by atoms with Crippen molar-refractivity contribution in [1.29, 1.82) is 0 Å². The van der Waals surface area contributed by atoms with E-state index in [1.54, 1.807) is 24.3 Å². The molecule has 1 aromatic rings. The molecule has 1 aromatic carbocycles. The molecule has 0 amide bonds. The van der Waals surface area contributed by atoms with E-state index < -0.39 is 16.1 Å². The SMILES string of the molecule is Cc1ccc(S(=O)(=O)OC2CCN(CCC(=O)O)CC2)cc1. The van der Waals surface area contributed by atoms with Crippen LogP contribution in [0.15, 0.2) is 29.2 Å². The first-order valence-electron chi connectivity index (χ1n) is 7.31.